The summed E-state index contributed by atoms with van der Waals surface area (Å²) in [4.78, 5) is 22.4. The summed E-state index contributed by atoms with van der Waals surface area (Å²) in [7, 11) is 0. The fraction of sp³-hybridized carbons (Fsp3) is 0.400. The van der Waals surface area contributed by atoms with Gasteiger partial charge in [-0.15, -0.1) is 0 Å². The lowest BCUT2D eigenvalue weighted by Gasteiger charge is -2.32. The molecule has 112 valence electrons. The highest BCUT2D eigenvalue weighted by molar-refractivity contribution is 5.99. The van der Waals surface area contributed by atoms with Gasteiger partial charge in [0.25, 0.3) is 5.69 Å². The van der Waals surface area contributed by atoms with Crippen molar-refractivity contribution >= 4 is 11.5 Å². The molecular formula is C15H17NO5. The van der Waals surface area contributed by atoms with Gasteiger partial charge < -0.3 is 9.84 Å². The van der Waals surface area contributed by atoms with Crippen molar-refractivity contribution in [2.75, 3.05) is 6.61 Å². The molecule has 1 heterocycles. The van der Waals surface area contributed by atoms with Crippen molar-refractivity contribution in [2.45, 2.75) is 31.8 Å². The number of allylic oxidation sites excluding steroid dienone is 1. The Bertz CT molecular complexity index is 593. The smallest absolute Gasteiger partial charge is 0.269 e. The van der Waals surface area contributed by atoms with Crippen LogP contribution in [0, 0.1) is 10.1 Å². The maximum Gasteiger partial charge on any atom is 0.269 e. The molecule has 1 aromatic rings. The first-order valence-corrected chi connectivity index (χ1v) is 6.65. The molecule has 1 aromatic carbocycles. The van der Waals surface area contributed by atoms with E-state index in [1.165, 1.54) is 18.2 Å². The number of ketones is 1. The zero-order valence-corrected chi connectivity index (χ0v) is 11.9. The van der Waals surface area contributed by atoms with Gasteiger partial charge in [0, 0.05) is 30.7 Å². The summed E-state index contributed by atoms with van der Waals surface area (Å²) in [5, 5.41) is 20.0. The van der Waals surface area contributed by atoms with Crippen molar-refractivity contribution in [1.82, 2.24) is 0 Å². The highest BCUT2D eigenvalue weighted by Crippen LogP contribution is 2.40. The largest absolute Gasteiger partial charge is 0.483 e. The van der Waals surface area contributed by atoms with Gasteiger partial charge in [-0.3, -0.25) is 14.9 Å². The minimum atomic E-state index is -1.08. The second-order valence-corrected chi connectivity index (χ2v) is 5.24. The number of benzene rings is 1. The van der Waals surface area contributed by atoms with E-state index in [2.05, 4.69) is 0 Å². The molecule has 1 aliphatic heterocycles. The molecule has 0 aliphatic carbocycles. The average Bonchev–Trinajstić information content (AvgIpc) is 2.70. The van der Waals surface area contributed by atoms with E-state index in [1.54, 1.807) is 26.0 Å². The van der Waals surface area contributed by atoms with Gasteiger partial charge in [0.05, 0.1) is 10.7 Å². The predicted molar refractivity (Wildman–Crippen MR) is 75.8 cm³/mol. The summed E-state index contributed by atoms with van der Waals surface area (Å²) < 4.78 is 5.67. The molecule has 2 rings (SSSR count). The summed E-state index contributed by atoms with van der Waals surface area (Å²) in [6.45, 7) is 3.28. The van der Waals surface area contributed by atoms with Gasteiger partial charge in [0.1, 0.15) is 0 Å². The molecule has 0 spiro atoms. The third-order valence-electron chi connectivity index (χ3n) is 3.79. The summed E-state index contributed by atoms with van der Waals surface area (Å²) in [6.07, 6.45) is 1.77. The Morgan fingerprint density at radius 3 is 2.43 bits per heavy atom. The Hall–Kier alpha value is -2.21. The number of nitro benzene ring substituents is 1. The van der Waals surface area contributed by atoms with E-state index in [1.807, 2.05) is 0 Å². The number of ether oxygens (including phenoxy) is 1. The van der Waals surface area contributed by atoms with Crippen LogP contribution in [-0.4, -0.2) is 28.0 Å². The lowest BCUT2D eigenvalue weighted by atomic mass is 9.79. The molecule has 0 amide bonds. The minimum Gasteiger partial charge on any atom is -0.483 e. The van der Waals surface area contributed by atoms with Crippen LogP contribution < -0.4 is 0 Å². The van der Waals surface area contributed by atoms with Crippen LogP contribution in [0.4, 0.5) is 5.69 Å². The first kappa shape index (κ1) is 15.2. The number of nitrogens with zero attached hydrogens (tertiary/aromatic N) is 1. The van der Waals surface area contributed by atoms with Crippen LogP contribution in [0.1, 0.15) is 31.7 Å². The lowest BCUT2D eigenvalue weighted by molar-refractivity contribution is -0.384. The SMILES string of the molecule is CC1=CC(=O)[C@@](C)([C@@H](CCO)c2ccc([N+](=O)[O-])cc2)O1. The molecule has 0 bridgehead atoms. The Labute approximate surface area is 122 Å². The van der Waals surface area contributed by atoms with Crippen molar-refractivity contribution in [3.8, 4) is 0 Å². The van der Waals surface area contributed by atoms with Crippen molar-refractivity contribution in [2.24, 2.45) is 0 Å². The van der Waals surface area contributed by atoms with Crippen LogP contribution in [0.5, 0.6) is 0 Å². The molecule has 1 aliphatic rings. The number of aliphatic hydroxyl groups excluding tert-OH is 1. The van der Waals surface area contributed by atoms with Crippen LogP contribution in [0.25, 0.3) is 0 Å². The van der Waals surface area contributed by atoms with E-state index < -0.39 is 10.5 Å². The van der Waals surface area contributed by atoms with Gasteiger partial charge >= 0.3 is 0 Å². The molecule has 1 N–H and O–H groups in total. The normalized spacial score (nSPS) is 22.6. The molecule has 0 saturated carbocycles. The molecule has 6 nitrogen and oxygen atoms in total. The van der Waals surface area contributed by atoms with E-state index in [0.717, 1.165) is 5.56 Å². The van der Waals surface area contributed by atoms with Crippen LogP contribution in [0.2, 0.25) is 0 Å². The van der Waals surface area contributed by atoms with E-state index in [4.69, 9.17) is 4.74 Å². The van der Waals surface area contributed by atoms with Crippen molar-refractivity contribution in [3.63, 3.8) is 0 Å². The predicted octanol–water partition coefficient (Wildman–Crippen LogP) is 2.32. The Morgan fingerprint density at radius 2 is 2.00 bits per heavy atom. The first-order valence-electron chi connectivity index (χ1n) is 6.65. The zero-order valence-electron chi connectivity index (χ0n) is 11.9. The molecule has 0 radical (unpaired) electrons. The fourth-order valence-electron chi connectivity index (χ4n) is 2.70. The fourth-order valence-corrected chi connectivity index (χ4v) is 2.70. The van der Waals surface area contributed by atoms with Gasteiger partial charge in [-0.1, -0.05) is 12.1 Å². The number of carbonyl (C=O) groups is 1. The van der Waals surface area contributed by atoms with Gasteiger partial charge in [-0.2, -0.15) is 0 Å². The third-order valence-corrected chi connectivity index (χ3v) is 3.79. The molecular weight excluding hydrogens is 274 g/mol. The first-order chi connectivity index (χ1) is 9.88. The maximum absolute atomic E-state index is 12.2. The minimum absolute atomic E-state index is 0.0142. The van der Waals surface area contributed by atoms with Crippen LogP contribution in [0.15, 0.2) is 36.1 Å². The van der Waals surface area contributed by atoms with E-state index in [-0.39, 0.29) is 24.0 Å². The summed E-state index contributed by atoms with van der Waals surface area (Å²) in [5.41, 5.74) is -0.364. The van der Waals surface area contributed by atoms with E-state index in [0.29, 0.717) is 12.2 Å². The van der Waals surface area contributed by atoms with Gasteiger partial charge in [-0.05, 0) is 25.8 Å². The van der Waals surface area contributed by atoms with Crippen LogP contribution in [-0.2, 0) is 9.53 Å². The number of aliphatic hydroxyl groups is 1. The highest BCUT2D eigenvalue weighted by atomic mass is 16.6. The quantitative estimate of drug-likeness (QED) is 0.664. The molecule has 21 heavy (non-hydrogen) atoms. The average molecular weight is 291 g/mol. The van der Waals surface area contributed by atoms with Crippen LogP contribution in [0.3, 0.4) is 0 Å². The van der Waals surface area contributed by atoms with Gasteiger partial charge in [0.15, 0.2) is 5.60 Å². The van der Waals surface area contributed by atoms with Crippen molar-refractivity contribution in [3.05, 3.63) is 51.8 Å². The Balaban J connectivity index is 2.35. The maximum atomic E-state index is 12.2. The topological polar surface area (TPSA) is 89.7 Å². The monoisotopic (exact) mass is 291 g/mol. The molecule has 0 fully saturated rings. The van der Waals surface area contributed by atoms with Crippen LogP contribution >= 0.6 is 0 Å². The number of carbonyl (C=O) groups excluding carboxylic acids is 1. The number of rotatable bonds is 5. The Kier molecular flexibility index (Phi) is 4.09. The molecule has 2 atom stereocenters. The number of nitro groups is 1. The zero-order chi connectivity index (χ0) is 15.6. The van der Waals surface area contributed by atoms with Crippen molar-refractivity contribution < 1.29 is 19.6 Å². The molecule has 0 unspecified atom stereocenters. The third kappa shape index (κ3) is 2.80. The van der Waals surface area contributed by atoms with Gasteiger partial charge in [0.2, 0.25) is 5.78 Å². The number of hydrogen-bond acceptors (Lipinski definition) is 5. The van der Waals surface area contributed by atoms with Crippen molar-refractivity contribution in [1.29, 1.82) is 0 Å². The second kappa shape index (κ2) is 5.65. The summed E-state index contributed by atoms with van der Waals surface area (Å²) in [6, 6.07) is 5.99. The van der Waals surface area contributed by atoms with Gasteiger partial charge in [-0.25, -0.2) is 0 Å². The second-order valence-electron chi connectivity index (χ2n) is 5.24. The highest BCUT2D eigenvalue weighted by Gasteiger charge is 2.46. The van der Waals surface area contributed by atoms with E-state index in [9.17, 15) is 20.0 Å². The standard InChI is InChI=1S/C15H17NO5/c1-10-9-14(18)15(2,21-10)13(7-8-17)11-3-5-12(6-4-11)16(19)20/h3-6,9,13,17H,7-8H2,1-2H3/t13-,15+/m0/s1. The molecule has 6 heteroatoms. The molecule has 0 aromatic heterocycles. The lowest BCUT2D eigenvalue weighted by Crippen LogP contribution is -2.40. The Morgan fingerprint density at radius 1 is 1.38 bits per heavy atom. The number of non-ortho nitro benzene ring substituents is 1. The summed E-state index contributed by atoms with van der Waals surface area (Å²) >= 11 is 0. The number of hydrogen-bond donors (Lipinski definition) is 1. The van der Waals surface area contributed by atoms with E-state index >= 15 is 0 Å². The summed E-state index contributed by atoms with van der Waals surface area (Å²) in [5.74, 6) is 0.00802. The molecule has 0 saturated heterocycles.